The lowest BCUT2D eigenvalue weighted by Gasteiger charge is -2.25. The molecule has 3 nitrogen and oxygen atoms in total. The van der Waals surface area contributed by atoms with E-state index in [-0.39, 0.29) is 11.5 Å². The number of fused-ring (bicyclic) bond motifs is 2. The lowest BCUT2D eigenvalue weighted by atomic mass is 10.0. The molecular formula is C24H20N2O. The molecule has 3 aromatic carbocycles. The van der Waals surface area contributed by atoms with Gasteiger partial charge in [-0.05, 0) is 23.3 Å². The highest BCUT2D eigenvalue weighted by Gasteiger charge is 2.34. The lowest BCUT2D eigenvalue weighted by Crippen LogP contribution is -2.23. The van der Waals surface area contributed by atoms with Crippen molar-refractivity contribution in [2.75, 3.05) is 0 Å². The topological polar surface area (TPSA) is 36.1 Å². The summed E-state index contributed by atoms with van der Waals surface area (Å²) in [6.07, 6.45) is 0. The third-order valence-corrected chi connectivity index (χ3v) is 5.38. The average molecular weight is 352 g/mol. The maximum Gasteiger partial charge on any atom is 0.194 e. The summed E-state index contributed by atoms with van der Waals surface area (Å²) in [5.74, 6) is 0. The van der Waals surface area contributed by atoms with E-state index in [2.05, 4.69) is 58.4 Å². The molecule has 0 fully saturated rings. The van der Waals surface area contributed by atoms with Gasteiger partial charge in [-0.2, -0.15) is 0 Å². The van der Waals surface area contributed by atoms with Crippen LogP contribution in [0, 0.1) is 0 Å². The summed E-state index contributed by atoms with van der Waals surface area (Å²) in [6, 6.07) is 28.7. The molecule has 0 aliphatic carbocycles. The maximum atomic E-state index is 13.1. The molecule has 27 heavy (non-hydrogen) atoms. The predicted molar refractivity (Wildman–Crippen MR) is 109 cm³/mol. The second kappa shape index (κ2) is 6.53. The van der Waals surface area contributed by atoms with Crippen molar-refractivity contribution in [3.05, 3.63) is 118 Å². The summed E-state index contributed by atoms with van der Waals surface area (Å²) in [4.78, 5) is 19.1. The highest BCUT2D eigenvalue weighted by Crippen LogP contribution is 2.37. The van der Waals surface area contributed by atoms with E-state index in [0.717, 1.165) is 28.7 Å². The SMILES string of the molecule is O=c1c2c([nH]c3ccccc13)C(c1ccccc1)N(Cc1ccccc1)C2. The number of nitrogens with one attached hydrogen (secondary N) is 1. The van der Waals surface area contributed by atoms with Crippen LogP contribution in [0.3, 0.4) is 0 Å². The normalized spacial score (nSPS) is 16.5. The van der Waals surface area contributed by atoms with Crippen molar-refractivity contribution in [3.63, 3.8) is 0 Å². The Morgan fingerprint density at radius 3 is 2.30 bits per heavy atom. The lowest BCUT2D eigenvalue weighted by molar-refractivity contribution is 0.233. The first-order valence-electron chi connectivity index (χ1n) is 9.28. The molecule has 3 heteroatoms. The standard InChI is InChI=1S/C24H20N2O/c27-24-19-13-7-8-14-21(19)25-22-20(24)16-26(15-17-9-3-1-4-10-17)23(22)18-11-5-2-6-12-18/h1-14,23H,15-16H2,(H,25,27). The highest BCUT2D eigenvalue weighted by atomic mass is 16.1. The summed E-state index contributed by atoms with van der Waals surface area (Å²) in [5, 5.41) is 0.768. The van der Waals surface area contributed by atoms with Crippen molar-refractivity contribution < 1.29 is 0 Å². The van der Waals surface area contributed by atoms with E-state index in [1.54, 1.807) is 0 Å². The van der Waals surface area contributed by atoms with E-state index in [1.807, 2.05) is 36.4 Å². The Balaban J connectivity index is 1.67. The summed E-state index contributed by atoms with van der Waals surface area (Å²) in [7, 11) is 0. The third kappa shape index (κ3) is 2.77. The van der Waals surface area contributed by atoms with E-state index in [4.69, 9.17) is 0 Å². The number of benzene rings is 3. The first-order valence-corrected chi connectivity index (χ1v) is 9.28. The van der Waals surface area contributed by atoms with Gasteiger partial charge in [0.05, 0.1) is 6.04 Å². The van der Waals surface area contributed by atoms with E-state index in [9.17, 15) is 4.79 Å². The Morgan fingerprint density at radius 2 is 1.52 bits per heavy atom. The van der Waals surface area contributed by atoms with Gasteiger partial charge in [-0.3, -0.25) is 9.69 Å². The van der Waals surface area contributed by atoms with Crippen LogP contribution in [-0.2, 0) is 13.1 Å². The molecule has 1 aliphatic heterocycles. The monoisotopic (exact) mass is 352 g/mol. The summed E-state index contributed by atoms with van der Waals surface area (Å²) < 4.78 is 0. The number of hydrogen-bond acceptors (Lipinski definition) is 2. The molecule has 4 aromatic rings. The maximum absolute atomic E-state index is 13.1. The van der Waals surface area contributed by atoms with Gasteiger partial charge in [-0.1, -0.05) is 72.8 Å². The van der Waals surface area contributed by atoms with Crippen LogP contribution < -0.4 is 5.43 Å². The fraction of sp³-hybridized carbons (Fsp3) is 0.125. The van der Waals surface area contributed by atoms with Crippen LogP contribution in [0.1, 0.15) is 28.4 Å². The molecule has 1 aromatic heterocycles. The van der Waals surface area contributed by atoms with E-state index in [0.29, 0.717) is 6.54 Å². The van der Waals surface area contributed by atoms with Crippen molar-refractivity contribution in [1.82, 2.24) is 9.88 Å². The van der Waals surface area contributed by atoms with Gasteiger partial charge in [0.15, 0.2) is 5.43 Å². The second-order valence-electron chi connectivity index (χ2n) is 7.10. The van der Waals surface area contributed by atoms with E-state index < -0.39 is 0 Å². The molecule has 1 aliphatic rings. The molecule has 1 N–H and O–H groups in total. The molecule has 0 saturated heterocycles. The fourth-order valence-corrected chi connectivity index (χ4v) is 4.14. The van der Waals surface area contributed by atoms with Crippen LogP contribution in [0.25, 0.3) is 10.9 Å². The molecule has 0 spiro atoms. The Bertz CT molecular complexity index is 1150. The summed E-state index contributed by atoms with van der Waals surface area (Å²) in [6.45, 7) is 1.46. The Hall–Kier alpha value is -3.17. The van der Waals surface area contributed by atoms with E-state index >= 15 is 0 Å². The number of pyridine rings is 1. The van der Waals surface area contributed by atoms with E-state index in [1.165, 1.54) is 11.1 Å². The number of nitrogens with zero attached hydrogens (tertiary/aromatic N) is 1. The molecule has 2 heterocycles. The molecule has 0 bridgehead atoms. The third-order valence-electron chi connectivity index (χ3n) is 5.38. The van der Waals surface area contributed by atoms with Gasteiger partial charge in [-0.15, -0.1) is 0 Å². The minimum Gasteiger partial charge on any atom is -0.356 e. The van der Waals surface area contributed by atoms with Crippen molar-refractivity contribution in [2.24, 2.45) is 0 Å². The van der Waals surface area contributed by atoms with Crippen molar-refractivity contribution in [3.8, 4) is 0 Å². The number of para-hydroxylation sites is 1. The highest BCUT2D eigenvalue weighted by molar-refractivity contribution is 5.79. The number of H-pyrrole nitrogens is 1. The first kappa shape index (κ1) is 16.0. The number of rotatable bonds is 3. The molecular weight excluding hydrogens is 332 g/mol. The average Bonchev–Trinajstić information content (AvgIpc) is 3.08. The van der Waals surface area contributed by atoms with Crippen LogP contribution in [-0.4, -0.2) is 9.88 Å². The van der Waals surface area contributed by atoms with Gasteiger partial charge in [0.2, 0.25) is 0 Å². The Morgan fingerprint density at radius 1 is 0.852 bits per heavy atom. The van der Waals surface area contributed by atoms with Gasteiger partial charge < -0.3 is 4.98 Å². The van der Waals surface area contributed by atoms with Crippen LogP contribution in [0.15, 0.2) is 89.7 Å². The number of hydrogen-bond donors (Lipinski definition) is 1. The van der Waals surface area contributed by atoms with Crippen LogP contribution in [0.4, 0.5) is 0 Å². The molecule has 0 amide bonds. The number of aromatic nitrogens is 1. The van der Waals surface area contributed by atoms with Crippen molar-refractivity contribution in [2.45, 2.75) is 19.1 Å². The molecule has 132 valence electrons. The predicted octanol–water partition coefficient (Wildman–Crippen LogP) is 4.63. The van der Waals surface area contributed by atoms with Crippen molar-refractivity contribution in [1.29, 1.82) is 0 Å². The molecule has 0 saturated carbocycles. The quantitative estimate of drug-likeness (QED) is 0.583. The van der Waals surface area contributed by atoms with Gasteiger partial charge >= 0.3 is 0 Å². The second-order valence-corrected chi connectivity index (χ2v) is 7.10. The molecule has 5 rings (SSSR count). The molecule has 0 radical (unpaired) electrons. The van der Waals surface area contributed by atoms with Crippen LogP contribution >= 0.6 is 0 Å². The summed E-state index contributed by atoms with van der Waals surface area (Å²) in [5.41, 5.74) is 5.43. The smallest absolute Gasteiger partial charge is 0.194 e. The zero-order chi connectivity index (χ0) is 18.2. The zero-order valence-electron chi connectivity index (χ0n) is 14.9. The van der Waals surface area contributed by atoms with Crippen molar-refractivity contribution >= 4 is 10.9 Å². The zero-order valence-corrected chi connectivity index (χ0v) is 14.9. The Labute approximate surface area is 157 Å². The number of aromatic amines is 1. The fourth-order valence-electron chi connectivity index (χ4n) is 4.14. The van der Waals surface area contributed by atoms with Crippen LogP contribution in [0.2, 0.25) is 0 Å². The Kier molecular flexibility index (Phi) is 3.88. The molecule has 1 unspecified atom stereocenters. The van der Waals surface area contributed by atoms with Gasteiger partial charge in [0, 0.05) is 35.2 Å². The van der Waals surface area contributed by atoms with Gasteiger partial charge in [-0.25, -0.2) is 0 Å². The minimum absolute atomic E-state index is 0.0544. The van der Waals surface area contributed by atoms with Crippen LogP contribution in [0.5, 0.6) is 0 Å². The first-order chi connectivity index (χ1) is 13.3. The van der Waals surface area contributed by atoms with Gasteiger partial charge in [0.1, 0.15) is 0 Å². The van der Waals surface area contributed by atoms with Gasteiger partial charge in [0.25, 0.3) is 0 Å². The largest absolute Gasteiger partial charge is 0.356 e. The minimum atomic E-state index is 0.0544. The molecule has 1 atom stereocenters. The summed E-state index contributed by atoms with van der Waals surface area (Å²) >= 11 is 0.